The SMILES string of the molecule is CCc1cc(=O)[nH]c(CN2CCC(Nc3ccccc3OC)CC2)n1. The first-order chi connectivity index (χ1) is 12.2. The number of H-pyrrole nitrogens is 1. The molecule has 0 aliphatic carbocycles. The molecule has 2 heterocycles. The lowest BCUT2D eigenvalue weighted by Crippen LogP contribution is -2.39. The molecule has 1 aromatic carbocycles. The van der Waals surface area contributed by atoms with Gasteiger partial charge >= 0.3 is 0 Å². The summed E-state index contributed by atoms with van der Waals surface area (Å²) < 4.78 is 5.41. The molecule has 0 amide bonds. The Hall–Kier alpha value is -2.34. The van der Waals surface area contributed by atoms with Gasteiger partial charge in [0.25, 0.3) is 5.56 Å². The van der Waals surface area contributed by atoms with E-state index in [-0.39, 0.29) is 5.56 Å². The van der Waals surface area contributed by atoms with Gasteiger partial charge < -0.3 is 15.0 Å². The van der Waals surface area contributed by atoms with Gasteiger partial charge in [-0.15, -0.1) is 0 Å². The van der Waals surface area contributed by atoms with Crippen LogP contribution in [0.4, 0.5) is 5.69 Å². The van der Waals surface area contributed by atoms with Crippen LogP contribution in [0.3, 0.4) is 0 Å². The lowest BCUT2D eigenvalue weighted by Gasteiger charge is -2.32. The molecule has 0 radical (unpaired) electrons. The summed E-state index contributed by atoms with van der Waals surface area (Å²) in [5, 5.41) is 3.59. The first kappa shape index (κ1) is 17.5. The number of aromatic nitrogens is 2. The Labute approximate surface area is 148 Å². The Morgan fingerprint density at radius 3 is 2.80 bits per heavy atom. The fourth-order valence-corrected chi connectivity index (χ4v) is 3.25. The van der Waals surface area contributed by atoms with Gasteiger partial charge in [-0.2, -0.15) is 0 Å². The van der Waals surface area contributed by atoms with Crippen LogP contribution in [0.15, 0.2) is 35.1 Å². The number of hydrogen-bond donors (Lipinski definition) is 2. The van der Waals surface area contributed by atoms with Crippen LogP contribution >= 0.6 is 0 Å². The van der Waals surface area contributed by atoms with Crippen molar-refractivity contribution < 1.29 is 4.74 Å². The molecule has 3 rings (SSSR count). The maximum atomic E-state index is 11.7. The number of hydrogen-bond acceptors (Lipinski definition) is 5. The van der Waals surface area contributed by atoms with Gasteiger partial charge in [0.15, 0.2) is 0 Å². The number of ether oxygens (including phenoxy) is 1. The molecule has 1 aliphatic rings. The van der Waals surface area contributed by atoms with E-state index in [1.54, 1.807) is 13.2 Å². The molecule has 1 fully saturated rings. The van der Waals surface area contributed by atoms with Crippen molar-refractivity contribution in [2.45, 2.75) is 38.8 Å². The number of benzene rings is 1. The second kappa shape index (κ2) is 8.16. The molecule has 6 heteroatoms. The van der Waals surface area contributed by atoms with E-state index < -0.39 is 0 Å². The fraction of sp³-hybridized carbons (Fsp3) is 0.474. The largest absolute Gasteiger partial charge is 0.495 e. The predicted molar refractivity (Wildman–Crippen MR) is 99.2 cm³/mol. The summed E-state index contributed by atoms with van der Waals surface area (Å²) in [6.45, 7) is 4.67. The van der Waals surface area contributed by atoms with Crippen molar-refractivity contribution in [3.8, 4) is 5.75 Å². The number of aryl methyl sites for hydroxylation is 1. The van der Waals surface area contributed by atoms with Gasteiger partial charge in [-0.1, -0.05) is 19.1 Å². The number of likely N-dealkylation sites (tertiary alicyclic amines) is 1. The van der Waals surface area contributed by atoms with Gasteiger partial charge in [0.2, 0.25) is 0 Å². The average Bonchev–Trinajstić information content (AvgIpc) is 2.63. The van der Waals surface area contributed by atoms with E-state index in [4.69, 9.17) is 4.74 Å². The molecular formula is C19H26N4O2. The lowest BCUT2D eigenvalue weighted by molar-refractivity contribution is 0.206. The highest BCUT2D eigenvalue weighted by molar-refractivity contribution is 5.56. The summed E-state index contributed by atoms with van der Waals surface area (Å²) in [6, 6.07) is 10.0. The molecule has 1 saturated heterocycles. The Morgan fingerprint density at radius 1 is 1.32 bits per heavy atom. The number of aromatic amines is 1. The molecule has 0 spiro atoms. The van der Waals surface area contributed by atoms with Crippen LogP contribution < -0.4 is 15.6 Å². The molecule has 1 aromatic heterocycles. The van der Waals surface area contributed by atoms with E-state index in [2.05, 4.69) is 26.3 Å². The zero-order valence-corrected chi connectivity index (χ0v) is 14.9. The third-order valence-corrected chi connectivity index (χ3v) is 4.63. The van der Waals surface area contributed by atoms with Crippen LogP contribution in [0.5, 0.6) is 5.75 Å². The van der Waals surface area contributed by atoms with Gasteiger partial charge in [0.1, 0.15) is 11.6 Å². The normalized spacial score (nSPS) is 15.9. The maximum Gasteiger partial charge on any atom is 0.251 e. The number of piperidine rings is 1. The molecular weight excluding hydrogens is 316 g/mol. The number of anilines is 1. The summed E-state index contributed by atoms with van der Waals surface area (Å²) in [5.74, 6) is 1.64. The molecule has 6 nitrogen and oxygen atoms in total. The Morgan fingerprint density at radius 2 is 2.08 bits per heavy atom. The third kappa shape index (κ3) is 4.60. The zero-order chi connectivity index (χ0) is 17.6. The van der Waals surface area contributed by atoms with Crippen LogP contribution in [0.1, 0.15) is 31.3 Å². The Bertz CT molecular complexity index is 751. The number of rotatable bonds is 6. The average molecular weight is 342 g/mol. The molecule has 2 aromatic rings. The minimum Gasteiger partial charge on any atom is -0.495 e. The van der Waals surface area contributed by atoms with E-state index in [9.17, 15) is 4.79 Å². The van der Waals surface area contributed by atoms with Crippen molar-refractivity contribution in [3.63, 3.8) is 0 Å². The van der Waals surface area contributed by atoms with E-state index in [0.717, 1.165) is 55.3 Å². The van der Waals surface area contributed by atoms with Crippen molar-refractivity contribution in [1.82, 2.24) is 14.9 Å². The van der Waals surface area contributed by atoms with E-state index in [0.29, 0.717) is 12.6 Å². The summed E-state index contributed by atoms with van der Waals surface area (Å²) in [5.41, 5.74) is 1.84. The maximum absolute atomic E-state index is 11.7. The molecule has 25 heavy (non-hydrogen) atoms. The molecule has 134 valence electrons. The second-order valence-electron chi connectivity index (χ2n) is 6.43. The summed E-state index contributed by atoms with van der Waals surface area (Å²) in [6.07, 6.45) is 2.88. The van der Waals surface area contributed by atoms with Crippen LogP contribution in [-0.4, -0.2) is 41.1 Å². The highest BCUT2D eigenvalue weighted by Gasteiger charge is 2.20. The predicted octanol–water partition coefficient (Wildman–Crippen LogP) is 2.42. The van der Waals surface area contributed by atoms with Crippen LogP contribution in [0, 0.1) is 0 Å². The highest BCUT2D eigenvalue weighted by atomic mass is 16.5. The molecule has 0 saturated carbocycles. The highest BCUT2D eigenvalue weighted by Crippen LogP contribution is 2.26. The number of methoxy groups -OCH3 is 1. The number of nitrogens with one attached hydrogen (secondary N) is 2. The summed E-state index contributed by atoms with van der Waals surface area (Å²) >= 11 is 0. The first-order valence-electron chi connectivity index (χ1n) is 8.89. The Balaban J connectivity index is 1.55. The molecule has 2 N–H and O–H groups in total. The third-order valence-electron chi connectivity index (χ3n) is 4.63. The summed E-state index contributed by atoms with van der Waals surface area (Å²) in [4.78, 5) is 21.4. The number of nitrogens with zero attached hydrogens (tertiary/aromatic N) is 2. The quantitative estimate of drug-likeness (QED) is 0.844. The minimum absolute atomic E-state index is 0.0606. The molecule has 0 bridgehead atoms. The summed E-state index contributed by atoms with van der Waals surface area (Å²) in [7, 11) is 1.70. The van der Waals surface area contributed by atoms with E-state index in [1.807, 2.05) is 25.1 Å². The monoisotopic (exact) mass is 342 g/mol. The zero-order valence-electron chi connectivity index (χ0n) is 14.9. The van der Waals surface area contributed by atoms with Gasteiger partial charge in [-0.25, -0.2) is 4.98 Å². The van der Waals surface area contributed by atoms with Gasteiger partial charge in [-0.05, 0) is 31.4 Å². The van der Waals surface area contributed by atoms with Crippen molar-refractivity contribution in [1.29, 1.82) is 0 Å². The lowest BCUT2D eigenvalue weighted by atomic mass is 10.0. The molecule has 0 atom stereocenters. The van der Waals surface area contributed by atoms with Gasteiger partial charge in [0.05, 0.1) is 19.3 Å². The van der Waals surface area contributed by atoms with E-state index >= 15 is 0 Å². The van der Waals surface area contributed by atoms with Crippen molar-refractivity contribution in [3.05, 3.63) is 52.2 Å². The minimum atomic E-state index is -0.0606. The van der Waals surface area contributed by atoms with Crippen molar-refractivity contribution in [2.75, 3.05) is 25.5 Å². The molecule has 1 aliphatic heterocycles. The van der Waals surface area contributed by atoms with E-state index in [1.165, 1.54) is 0 Å². The molecule has 0 unspecified atom stereocenters. The van der Waals surface area contributed by atoms with Crippen molar-refractivity contribution >= 4 is 5.69 Å². The van der Waals surface area contributed by atoms with Crippen molar-refractivity contribution in [2.24, 2.45) is 0 Å². The van der Waals surface area contributed by atoms with Crippen LogP contribution in [0.25, 0.3) is 0 Å². The van der Waals surface area contributed by atoms with Gasteiger partial charge in [-0.3, -0.25) is 9.69 Å². The standard InChI is InChI=1S/C19H26N4O2/c1-3-14-12-19(24)22-18(21-14)13-23-10-8-15(9-11-23)20-16-6-4-5-7-17(16)25-2/h4-7,12,15,20H,3,8-11,13H2,1-2H3,(H,21,22,24). The number of para-hydroxylation sites is 2. The topological polar surface area (TPSA) is 70.2 Å². The van der Waals surface area contributed by atoms with Crippen LogP contribution in [-0.2, 0) is 13.0 Å². The van der Waals surface area contributed by atoms with Crippen LogP contribution in [0.2, 0.25) is 0 Å². The smallest absolute Gasteiger partial charge is 0.251 e. The Kier molecular flexibility index (Phi) is 5.71. The second-order valence-corrected chi connectivity index (χ2v) is 6.43. The first-order valence-corrected chi connectivity index (χ1v) is 8.89. The fourth-order valence-electron chi connectivity index (χ4n) is 3.25. The van der Waals surface area contributed by atoms with Gasteiger partial charge in [0, 0.05) is 30.9 Å².